The maximum absolute atomic E-state index is 13.0. The van der Waals surface area contributed by atoms with Crippen LogP contribution in [0.15, 0.2) is 30.5 Å². The van der Waals surface area contributed by atoms with Gasteiger partial charge in [-0.15, -0.1) is 0 Å². The van der Waals surface area contributed by atoms with E-state index < -0.39 is 0 Å². The van der Waals surface area contributed by atoms with Crippen LogP contribution in [0.2, 0.25) is 0 Å². The molecule has 1 aromatic heterocycles. The van der Waals surface area contributed by atoms with Gasteiger partial charge in [0.1, 0.15) is 11.9 Å². The van der Waals surface area contributed by atoms with Crippen molar-refractivity contribution in [1.29, 1.82) is 0 Å². The van der Waals surface area contributed by atoms with Crippen molar-refractivity contribution in [2.45, 2.75) is 45.5 Å². The molecule has 2 aliphatic heterocycles. The summed E-state index contributed by atoms with van der Waals surface area (Å²) in [6.07, 6.45) is 2.48. The number of benzene rings is 1. The van der Waals surface area contributed by atoms with E-state index in [-0.39, 0.29) is 24.1 Å². The number of fused-ring (bicyclic) bond motifs is 1. The molecule has 0 radical (unpaired) electrons. The first kappa shape index (κ1) is 18.0. The molecule has 27 heavy (non-hydrogen) atoms. The molecule has 0 saturated carbocycles. The zero-order valence-electron chi connectivity index (χ0n) is 15.8. The van der Waals surface area contributed by atoms with Crippen LogP contribution in [-0.2, 0) is 24.2 Å². The molecule has 4 rings (SSSR count). The van der Waals surface area contributed by atoms with Gasteiger partial charge < -0.3 is 4.74 Å². The lowest BCUT2D eigenvalue weighted by molar-refractivity contribution is 0.120. The van der Waals surface area contributed by atoms with Crippen LogP contribution in [0.1, 0.15) is 23.7 Å². The maximum atomic E-state index is 13.0. The number of hydrogen-bond donors (Lipinski definition) is 0. The van der Waals surface area contributed by atoms with E-state index in [1.165, 1.54) is 17.7 Å². The number of aromatic nitrogens is 2. The summed E-state index contributed by atoms with van der Waals surface area (Å²) in [6, 6.07) is 6.53. The molecule has 3 heterocycles. The number of carbonyl (C=O) groups excluding carboxylic acids is 1. The number of nitrogens with zero attached hydrogens (tertiary/aromatic N) is 4. The third-order valence-electron chi connectivity index (χ3n) is 5.52. The summed E-state index contributed by atoms with van der Waals surface area (Å²) >= 11 is 0. The van der Waals surface area contributed by atoms with Gasteiger partial charge in [-0.3, -0.25) is 14.5 Å². The highest BCUT2D eigenvalue weighted by Crippen LogP contribution is 2.28. The van der Waals surface area contributed by atoms with Crippen LogP contribution in [0.25, 0.3) is 0 Å². The van der Waals surface area contributed by atoms with Gasteiger partial charge in [0.05, 0.1) is 11.7 Å². The van der Waals surface area contributed by atoms with Gasteiger partial charge in [-0.2, -0.15) is 5.10 Å². The molecule has 6 nitrogen and oxygen atoms in total. The molecule has 2 fully saturated rings. The quantitative estimate of drug-likeness (QED) is 0.782. The molecule has 2 saturated heterocycles. The highest BCUT2D eigenvalue weighted by molar-refractivity contribution is 5.71. The second-order valence-electron chi connectivity index (χ2n) is 7.35. The SMILES string of the molecule is CCn1cc(CN2CC3OC(=O)N(CCc4ccc(F)cc4)C3C2)c(C)n1. The summed E-state index contributed by atoms with van der Waals surface area (Å²) in [7, 11) is 0. The van der Waals surface area contributed by atoms with Gasteiger partial charge >= 0.3 is 6.09 Å². The Morgan fingerprint density at radius 2 is 2.04 bits per heavy atom. The molecule has 7 heteroatoms. The van der Waals surface area contributed by atoms with Gasteiger partial charge in [-0.05, 0) is 38.0 Å². The summed E-state index contributed by atoms with van der Waals surface area (Å²) in [6.45, 7) is 7.94. The minimum Gasteiger partial charge on any atom is -0.442 e. The van der Waals surface area contributed by atoms with Crippen molar-refractivity contribution in [1.82, 2.24) is 19.6 Å². The van der Waals surface area contributed by atoms with E-state index in [9.17, 15) is 9.18 Å². The van der Waals surface area contributed by atoms with Crippen molar-refractivity contribution in [3.63, 3.8) is 0 Å². The van der Waals surface area contributed by atoms with Crippen molar-refractivity contribution >= 4 is 6.09 Å². The summed E-state index contributed by atoms with van der Waals surface area (Å²) in [4.78, 5) is 16.4. The monoisotopic (exact) mass is 372 g/mol. The molecule has 2 unspecified atom stereocenters. The second kappa shape index (κ2) is 7.31. The molecule has 0 spiro atoms. The normalized spacial score (nSPS) is 22.3. The number of rotatable bonds is 6. The van der Waals surface area contributed by atoms with Crippen LogP contribution < -0.4 is 0 Å². The van der Waals surface area contributed by atoms with Gasteiger partial charge in [0.2, 0.25) is 0 Å². The highest BCUT2D eigenvalue weighted by Gasteiger charge is 2.47. The predicted molar refractivity (Wildman–Crippen MR) is 98.8 cm³/mol. The number of halogens is 1. The molecule has 1 aromatic carbocycles. The Balaban J connectivity index is 1.37. The fourth-order valence-corrected chi connectivity index (χ4v) is 3.98. The smallest absolute Gasteiger partial charge is 0.410 e. The molecule has 2 aliphatic rings. The predicted octanol–water partition coefficient (Wildman–Crippen LogP) is 2.60. The largest absolute Gasteiger partial charge is 0.442 e. The van der Waals surface area contributed by atoms with Crippen molar-refractivity contribution in [2.75, 3.05) is 19.6 Å². The summed E-state index contributed by atoms with van der Waals surface area (Å²) in [5.74, 6) is -0.243. The van der Waals surface area contributed by atoms with E-state index in [1.807, 2.05) is 16.5 Å². The summed E-state index contributed by atoms with van der Waals surface area (Å²) in [5.41, 5.74) is 3.30. The topological polar surface area (TPSA) is 50.6 Å². The van der Waals surface area contributed by atoms with Crippen molar-refractivity contribution in [3.8, 4) is 0 Å². The van der Waals surface area contributed by atoms with Gasteiger partial charge in [-0.25, -0.2) is 9.18 Å². The van der Waals surface area contributed by atoms with E-state index in [4.69, 9.17) is 4.74 Å². The summed E-state index contributed by atoms with van der Waals surface area (Å²) < 4.78 is 20.6. The fourth-order valence-electron chi connectivity index (χ4n) is 3.98. The van der Waals surface area contributed by atoms with Crippen LogP contribution in [-0.4, -0.2) is 57.5 Å². The Bertz CT molecular complexity index is 820. The van der Waals surface area contributed by atoms with Crippen molar-refractivity contribution < 1.29 is 13.9 Å². The van der Waals surface area contributed by atoms with Crippen LogP contribution in [0.4, 0.5) is 9.18 Å². The molecule has 144 valence electrons. The molecule has 2 atom stereocenters. The Labute approximate surface area is 158 Å². The lowest BCUT2D eigenvalue weighted by Gasteiger charge is -2.22. The lowest BCUT2D eigenvalue weighted by Crippen LogP contribution is -2.39. The number of aryl methyl sites for hydroxylation is 2. The van der Waals surface area contributed by atoms with E-state index in [2.05, 4.69) is 23.1 Å². The average Bonchev–Trinajstić information content (AvgIpc) is 3.28. The first-order valence-electron chi connectivity index (χ1n) is 9.50. The fraction of sp³-hybridized carbons (Fsp3) is 0.500. The molecule has 0 bridgehead atoms. The van der Waals surface area contributed by atoms with Gasteiger partial charge in [0.25, 0.3) is 0 Å². The average molecular weight is 372 g/mol. The Morgan fingerprint density at radius 3 is 2.74 bits per heavy atom. The van der Waals surface area contributed by atoms with Crippen LogP contribution >= 0.6 is 0 Å². The Kier molecular flexibility index (Phi) is 4.86. The highest BCUT2D eigenvalue weighted by atomic mass is 19.1. The van der Waals surface area contributed by atoms with E-state index in [0.29, 0.717) is 13.0 Å². The van der Waals surface area contributed by atoms with Gasteiger partial charge in [0, 0.05) is 44.5 Å². The van der Waals surface area contributed by atoms with Gasteiger partial charge in [0.15, 0.2) is 0 Å². The first-order valence-corrected chi connectivity index (χ1v) is 9.50. The molecule has 2 aromatic rings. The van der Waals surface area contributed by atoms with E-state index in [1.54, 1.807) is 12.1 Å². The number of likely N-dealkylation sites (tertiary alicyclic amines) is 1. The number of ether oxygens (including phenoxy) is 1. The van der Waals surface area contributed by atoms with E-state index in [0.717, 1.165) is 37.4 Å². The minimum absolute atomic E-state index is 0.0766. The molecular weight excluding hydrogens is 347 g/mol. The van der Waals surface area contributed by atoms with Crippen molar-refractivity contribution in [2.24, 2.45) is 0 Å². The molecular formula is C20H25FN4O2. The minimum atomic E-state index is -0.243. The molecule has 0 aliphatic carbocycles. The number of amides is 1. The van der Waals surface area contributed by atoms with Crippen molar-refractivity contribution in [3.05, 3.63) is 53.1 Å². The molecule has 1 amide bonds. The number of hydrogen-bond acceptors (Lipinski definition) is 4. The van der Waals surface area contributed by atoms with Crippen LogP contribution in [0.5, 0.6) is 0 Å². The third-order valence-corrected chi connectivity index (χ3v) is 5.52. The van der Waals surface area contributed by atoms with Crippen LogP contribution in [0, 0.1) is 12.7 Å². The van der Waals surface area contributed by atoms with Crippen LogP contribution in [0.3, 0.4) is 0 Å². The Hall–Kier alpha value is -2.41. The Morgan fingerprint density at radius 1 is 1.26 bits per heavy atom. The third kappa shape index (κ3) is 3.69. The van der Waals surface area contributed by atoms with E-state index >= 15 is 0 Å². The zero-order valence-corrected chi connectivity index (χ0v) is 15.8. The number of carbonyl (C=O) groups is 1. The second-order valence-corrected chi connectivity index (χ2v) is 7.35. The zero-order chi connectivity index (χ0) is 19.0. The lowest BCUT2D eigenvalue weighted by atomic mass is 10.1. The van der Waals surface area contributed by atoms with Gasteiger partial charge in [-0.1, -0.05) is 12.1 Å². The first-order chi connectivity index (χ1) is 13.0. The summed E-state index contributed by atoms with van der Waals surface area (Å²) in [5, 5.41) is 4.51. The molecule has 0 N–H and O–H groups in total. The standard InChI is InChI=1S/C20H25FN4O2/c1-3-24-11-16(14(2)22-24)10-23-12-18-19(13-23)27-20(26)25(18)9-8-15-4-6-17(21)7-5-15/h4-7,11,18-19H,3,8-10,12-13H2,1-2H3. The maximum Gasteiger partial charge on any atom is 0.410 e.